The highest BCUT2D eigenvalue weighted by molar-refractivity contribution is 5.80. The molecule has 5 unspecified atom stereocenters. The Hall–Kier alpha value is -0.570. The maximum Gasteiger partial charge on any atom is 0.226 e. The van der Waals surface area contributed by atoms with Crippen LogP contribution in [-0.2, 0) is 9.53 Å². The van der Waals surface area contributed by atoms with Crippen LogP contribution >= 0.6 is 0 Å². The van der Waals surface area contributed by atoms with Crippen molar-refractivity contribution in [3.05, 3.63) is 0 Å². The van der Waals surface area contributed by atoms with Gasteiger partial charge >= 0.3 is 0 Å². The minimum absolute atomic E-state index is 0.296. The van der Waals surface area contributed by atoms with Crippen molar-refractivity contribution in [3.63, 3.8) is 0 Å². The zero-order valence-electron chi connectivity index (χ0n) is 15.5. The average molecular weight is 322 g/mol. The summed E-state index contributed by atoms with van der Waals surface area (Å²) in [6.07, 6.45) is 9.68. The number of amides is 1. The number of nitrogens with zero attached hydrogens (tertiary/aromatic N) is 1. The molecule has 0 N–H and O–H groups in total. The molecule has 3 heteroatoms. The van der Waals surface area contributed by atoms with Gasteiger partial charge in [0.15, 0.2) is 0 Å². The van der Waals surface area contributed by atoms with Crippen LogP contribution in [0.15, 0.2) is 0 Å². The van der Waals surface area contributed by atoms with Crippen molar-refractivity contribution >= 4 is 5.91 Å². The largest absolute Gasteiger partial charge is 0.381 e. The van der Waals surface area contributed by atoms with Crippen molar-refractivity contribution in [3.8, 4) is 0 Å². The van der Waals surface area contributed by atoms with E-state index >= 15 is 0 Å². The molecule has 0 spiro atoms. The number of ether oxygens (including phenoxy) is 1. The lowest BCUT2D eigenvalue weighted by atomic mass is 9.76. The predicted octanol–water partition coefficient (Wildman–Crippen LogP) is 4.25. The number of carbonyl (C=O) groups excluding carboxylic acids is 1. The molecule has 0 aromatic heterocycles. The van der Waals surface area contributed by atoms with Crippen LogP contribution < -0.4 is 0 Å². The molecule has 0 aromatic carbocycles. The fraction of sp³-hybridized carbons (Fsp3) is 0.950. The molecular formula is C20H35NO2. The molecule has 3 rings (SSSR count). The Kier molecular flexibility index (Phi) is 5.35. The number of hydrogen-bond donors (Lipinski definition) is 0. The van der Waals surface area contributed by atoms with Crippen LogP contribution in [0, 0.1) is 23.7 Å². The van der Waals surface area contributed by atoms with Gasteiger partial charge in [-0.15, -0.1) is 0 Å². The second kappa shape index (κ2) is 7.13. The second-order valence-electron chi connectivity index (χ2n) is 8.42. The zero-order valence-corrected chi connectivity index (χ0v) is 15.5. The Morgan fingerprint density at radius 1 is 1.09 bits per heavy atom. The van der Waals surface area contributed by atoms with Crippen molar-refractivity contribution in [1.29, 1.82) is 0 Å². The molecule has 0 aromatic rings. The van der Waals surface area contributed by atoms with Crippen LogP contribution in [0.3, 0.4) is 0 Å². The minimum Gasteiger partial charge on any atom is -0.381 e. The molecule has 1 aliphatic heterocycles. The number of hydrogen-bond acceptors (Lipinski definition) is 2. The van der Waals surface area contributed by atoms with E-state index in [-0.39, 0.29) is 0 Å². The molecule has 2 saturated carbocycles. The van der Waals surface area contributed by atoms with E-state index in [1.807, 2.05) is 7.11 Å². The normalized spacial score (nSPS) is 44.2. The van der Waals surface area contributed by atoms with Gasteiger partial charge in [-0.05, 0) is 69.6 Å². The van der Waals surface area contributed by atoms with E-state index in [4.69, 9.17) is 4.74 Å². The van der Waals surface area contributed by atoms with Crippen LogP contribution in [-0.4, -0.2) is 36.1 Å². The summed E-state index contributed by atoms with van der Waals surface area (Å²) >= 11 is 0. The van der Waals surface area contributed by atoms with Gasteiger partial charge < -0.3 is 9.64 Å². The molecule has 3 nitrogen and oxygen atoms in total. The quantitative estimate of drug-likeness (QED) is 0.777. The van der Waals surface area contributed by atoms with Crippen LogP contribution in [0.1, 0.15) is 72.1 Å². The molecule has 0 bridgehead atoms. The van der Waals surface area contributed by atoms with Crippen LogP contribution in [0.4, 0.5) is 0 Å². The van der Waals surface area contributed by atoms with Gasteiger partial charge in [-0.25, -0.2) is 0 Å². The van der Waals surface area contributed by atoms with Crippen molar-refractivity contribution in [2.45, 2.75) is 90.3 Å². The van der Waals surface area contributed by atoms with E-state index in [0.29, 0.717) is 41.8 Å². The Labute approximate surface area is 142 Å². The Morgan fingerprint density at radius 2 is 1.78 bits per heavy atom. The molecule has 1 heterocycles. The highest BCUT2D eigenvalue weighted by atomic mass is 16.5. The summed E-state index contributed by atoms with van der Waals surface area (Å²) in [6.45, 7) is 6.93. The van der Waals surface area contributed by atoms with Gasteiger partial charge in [0.25, 0.3) is 0 Å². The predicted molar refractivity (Wildman–Crippen MR) is 93.1 cm³/mol. The third-order valence-corrected chi connectivity index (χ3v) is 7.20. The van der Waals surface area contributed by atoms with Gasteiger partial charge in [-0.1, -0.05) is 20.3 Å². The summed E-state index contributed by atoms with van der Waals surface area (Å²) in [4.78, 5) is 15.6. The average Bonchev–Trinajstić information content (AvgIpc) is 2.85. The summed E-state index contributed by atoms with van der Waals surface area (Å²) in [5, 5.41) is 0. The van der Waals surface area contributed by atoms with E-state index in [0.717, 1.165) is 38.0 Å². The molecule has 3 fully saturated rings. The minimum atomic E-state index is 0.296. The molecular weight excluding hydrogens is 286 g/mol. The van der Waals surface area contributed by atoms with Crippen molar-refractivity contribution in [2.24, 2.45) is 23.7 Å². The fourth-order valence-electron chi connectivity index (χ4n) is 5.76. The lowest BCUT2D eigenvalue weighted by Gasteiger charge is -2.38. The number of methoxy groups -OCH3 is 1. The molecule has 5 atom stereocenters. The van der Waals surface area contributed by atoms with E-state index in [9.17, 15) is 4.79 Å². The summed E-state index contributed by atoms with van der Waals surface area (Å²) < 4.78 is 5.65. The Bertz CT molecular complexity index is 416. The molecule has 1 amide bonds. The number of carbonyl (C=O) groups is 1. The first kappa shape index (κ1) is 17.3. The second-order valence-corrected chi connectivity index (χ2v) is 8.42. The van der Waals surface area contributed by atoms with Crippen molar-refractivity contribution in [2.75, 3.05) is 7.11 Å². The SMILES string of the molecule is CCC1C2CC(OC)CCC2N(C(=O)C2CCC(C)CC2)C1C. The van der Waals surface area contributed by atoms with Gasteiger partial charge in [0.2, 0.25) is 5.91 Å². The highest BCUT2D eigenvalue weighted by Crippen LogP contribution is 2.46. The summed E-state index contributed by atoms with van der Waals surface area (Å²) in [5.41, 5.74) is 0. The van der Waals surface area contributed by atoms with Gasteiger partial charge in [-0.2, -0.15) is 0 Å². The molecule has 23 heavy (non-hydrogen) atoms. The summed E-state index contributed by atoms with van der Waals surface area (Å²) in [5.74, 6) is 2.89. The topological polar surface area (TPSA) is 29.5 Å². The monoisotopic (exact) mass is 321 g/mol. The smallest absolute Gasteiger partial charge is 0.226 e. The molecule has 0 radical (unpaired) electrons. The first-order valence-corrected chi connectivity index (χ1v) is 9.91. The van der Waals surface area contributed by atoms with E-state index in [2.05, 4.69) is 25.7 Å². The number of fused-ring (bicyclic) bond motifs is 1. The van der Waals surface area contributed by atoms with Crippen LogP contribution in [0.25, 0.3) is 0 Å². The summed E-state index contributed by atoms with van der Waals surface area (Å²) in [7, 11) is 1.84. The van der Waals surface area contributed by atoms with E-state index in [1.54, 1.807) is 0 Å². The Balaban J connectivity index is 1.74. The maximum absolute atomic E-state index is 13.3. The van der Waals surface area contributed by atoms with Crippen molar-refractivity contribution in [1.82, 2.24) is 4.90 Å². The standard InChI is InChI=1S/C20H35NO2/c1-5-17-14(3)21(19-11-10-16(23-4)12-18(17)19)20(22)15-8-6-13(2)7-9-15/h13-19H,5-12H2,1-4H3. The molecule has 132 valence electrons. The first-order chi connectivity index (χ1) is 11.1. The third-order valence-electron chi connectivity index (χ3n) is 7.20. The third kappa shape index (κ3) is 3.18. The highest BCUT2D eigenvalue weighted by Gasteiger charge is 2.51. The van der Waals surface area contributed by atoms with Crippen molar-refractivity contribution < 1.29 is 9.53 Å². The maximum atomic E-state index is 13.3. The molecule has 1 saturated heterocycles. The fourth-order valence-corrected chi connectivity index (χ4v) is 5.76. The zero-order chi connectivity index (χ0) is 16.6. The molecule has 2 aliphatic carbocycles. The number of rotatable bonds is 3. The van der Waals surface area contributed by atoms with E-state index in [1.165, 1.54) is 19.3 Å². The van der Waals surface area contributed by atoms with Gasteiger partial charge in [0, 0.05) is 25.1 Å². The van der Waals surface area contributed by atoms with Gasteiger partial charge in [0.05, 0.1) is 6.10 Å². The molecule has 3 aliphatic rings. The van der Waals surface area contributed by atoms with Crippen LogP contribution in [0.5, 0.6) is 0 Å². The lowest BCUT2D eigenvalue weighted by Crippen LogP contribution is -2.47. The van der Waals surface area contributed by atoms with Crippen LogP contribution in [0.2, 0.25) is 0 Å². The Morgan fingerprint density at radius 3 is 2.39 bits per heavy atom. The van der Waals surface area contributed by atoms with Gasteiger partial charge in [-0.3, -0.25) is 4.79 Å². The summed E-state index contributed by atoms with van der Waals surface area (Å²) in [6, 6.07) is 0.894. The number of likely N-dealkylation sites (tertiary alicyclic amines) is 1. The van der Waals surface area contributed by atoms with E-state index < -0.39 is 0 Å². The first-order valence-electron chi connectivity index (χ1n) is 9.91. The lowest BCUT2D eigenvalue weighted by molar-refractivity contribution is -0.141. The van der Waals surface area contributed by atoms with Gasteiger partial charge in [0.1, 0.15) is 0 Å².